The first kappa shape index (κ1) is 24.1. The Hall–Kier alpha value is -3.56. The minimum absolute atomic E-state index is 0.101. The van der Waals surface area contributed by atoms with Gasteiger partial charge >= 0.3 is 0 Å². The normalized spacial score (nSPS) is 12.9. The Labute approximate surface area is 191 Å². The summed E-state index contributed by atoms with van der Waals surface area (Å²) in [6.07, 6.45) is -1.25. The molecule has 0 bridgehead atoms. The molecule has 2 aromatic carbocycles. The van der Waals surface area contributed by atoms with Crippen LogP contribution in [-0.2, 0) is 11.2 Å². The summed E-state index contributed by atoms with van der Waals surface area (Å²) in [4.78, 5) is 26.7. The maximum atomic E-state index is 11.2. The molecule has 1 aromatic heterocycles. The first-order chi connectivity index (χ1) is 15.7. The van der Waals surface area contributed by atoms with Crippen LogP contribution in [0.25, 0.3) is 22.8 Å². The lowest BCUT2D eigenvalue weighted by Gasteiger charge is -2.18. The molecular weight excluding hydrogens is 426 g/mol. The van der Waals surface area contributed by atoms with Crippen molar-refractivity contribution in [2.45, 2.75) is 45.8 Å². The molecule has 0 spiro atoms. The molecule has 1 unspecified atom stereocenters. The lowest BCUT2D eigenvalue weighted by atomic mass is 10.0. The largest absolute Gasteiger partial charge is 0.490 e. The summed E-state index contributed by atoms with van der Waals surface area (Å²) in [6, 6.07) is 9.08. The SMILES string of the molecule is CCc1cc(-c2noc(-c3ccc(C)c(C=O)c3)n2)cc(C)c1OC[C@@H](O)CC(O)C(N)=O. The summed E-state index contributed by atoms with van der Waals surface area (Å²) in [7, 11) is 0. The van der Waals surface area contributed by atoms with Gasteiger partial charge in [-0.3, -0.25) is 9.59 Å². The average Bonchev–Trinajstić information content (AvgIpc) is 3.28. The fourth-order valence-corrected chi connectivity index (χ4v) is 3.43. The number of carbonyl (C=O) groups is 2. The minimum atomic E-state index is -1.43. The number of hydrogen-bond donors (Lipinski definition) is 3. The Morgan fingerprint density at radius 3 is 2.61 bits per heavy atom. The van der Waals surface area contributed by atoms with E-state index in [1.807, 2.05) is 45.0 Å². The van der Waals surface area contributed by atoms with Crippen molar-refractivity contribution in [1.29, 1.82) is 0 Å². The zero-order chi connectivity index (χ0) is 24.1. The van der Waals surface area contributed by atoms with Crippen LogP contribution in [0.2, 0.25) is 0 Å². The van der Waals surface area contributed by atoms with Crippen LogP contribution in [0.4, 0.5) is 0 Å². The highest BCUT2D eigenvalue weighted by molar-refractivity contribution is 5.80. The van der Waals surface area contributed by atoms with Gasteiger partial charge in [0.05, 0.1) is 6.10 Å². The summed E-state index contributed by atoms with van der Waals surface area (Å²) in [5.41, 5.74) is 9.50. The van der Waals surface area contributed by atoms with Crippen LogP contribution in [0, 0.1) is 13.8 Å². The molecule has 0 fully saturated rings. The summed E-state index contributed by atoms with van der Waals surface area (Å²) >= 11 is 0. The van der Waals surface area contributed by atoms with E-state index in [0.717, 1.165) is 28.5 Å². The third-order valence-electron chi connectivity index (χ3n) is 5.31. The van der Waals surface area contributed by atoms with Gasteiger partial charge in [-0.15, -0.1) is 0 Å². The van der Waals surface area contributed by atoms with Crippen LogP contribution in [0.1, 0.15) is 40.4 Å². The Morgan fingerprint density at radius 1 is 1.18 bits per heavy atom. The lowest BCUT2D eigenvalue weighted by Crippen LogP contribution is -2.33. The molecule has 0 saturated carbocycles. The number of aromatic nitrogens is 2. The number of aliphatic hydroxyl groups is 2. The van der Waals surface area contributed by atoms with Crippen molar-refractivity contribution in [3.05, 3.63) is 52.6 Å². The van der Waals surface area contributed by atoms with E-state index < -0.39 is 18.1 Å². The van der Waals surface area contributed by atoms with Crippen molar-refractivity contribution in [3.63, 3.8) is 0 Å². The number of amides is 1. The fraction of sp³-hybridized carbons (Fsp3) is 0.333. The van der Waals surface area contributed by atoms with E-state index in [2.05, 4.69) is 10.1 Å². The zero-order valence-electron chi connectivity index (χ0n) is 18.7. The van der Waals surface area contributed by atoms with Crippen molar-refractivity contribution in [2.24, 2.45) is 5.73 Å². The number of nitrogens with two attached hydrogens (primary N) is 1. The number of primary amides is 1. The summed E-state index contributed by atoms with van der Waals surface area (Å²) in [5, 5.41) is 23.6. The predicted molar refractivity (Wildman–Crippen MR) is 121 cm³/mol. The second-order valence-corrected chi connectivity index (χ2v) is 7.87. The maximum absolute atomic E-state index is 11.2. The highest BCUT2D eigenvalue weighted by atomic mass is 16.5. The quantitative estimate of drug-likeness (QED) is 0.396. The van der Waals surface area contributed by atoms with Crippen LogP contribution in [0.3, 0.4) is 0 Å². The van der Waals surface area contributed by atoms with E-state index in [1.54, 1.807) is 6.07 Å². The van der Waals surface area contributed by atoms with Crippen molar-refractivity contribution in [1.82, 2.24) is 10.1 Å². The molecule has 3 rings (SSSR count). The monoisotopic (exact) mass is 453 g/mol. The summed E-state index contributed by atoms with van der Waals surface area (Å²) in [6.45, 7) is 5.58. The van der Waals surface area contributed by atoms with Gasteiger partial charge in [0.15, 0.2) is 0 Å². The first-order valence-corrected chi connectivity index (χ1v) is 10.6. The van der Waals surface area contributed by atoms with Gasteiger partial charge in [-0.25, -0.2) is 0 Å². The lowest BCUT2D eigenvalue weighted by molar-refractivity contribution is -0.127. The van der Waals surface area contributed by atoms with Crippen molar-refractivity contribution < 1.29 is 29.1 Å². The Kier molecular flexibility index (Phi) is 7.57. The number of aliphatic hydroxyl groups excluding tert-OH is 2. The number of aryl methyl sites for hydroxylation is 3. The van der Waals surface area contributed by atoms with E-state index in [4.69, 9.17) is 15.0 Å². The molecule has 174 valence electrons. The standard InChI is InChI=1S/C24H27N3O6/c1-4-15-8-17(7-14(3)21(15)32-12-19(29)10-20(30)22(25)31)23-26-24(33-27-23)16-6-5-13(2)18(9-16)11-28/h5-9,11,19-20,29-30H,4,10,12H2,1-3H3,(H2,25,31)/t19-,20?/m0/s1. The number of ether oxygens (including phenoxy) is 1. The Bertz CT molecular complexity index is 1160. The second kappa shape index (κ2) is 10.4. The molecule has 0 aliphatic rings. The number of carbonyl (C=O) groups excluding carboxylic acids is 2. The smallest absolute Gasteiger partial charge is 0.258 e. The zero-order valence-corrected chi connectivity index (χ0v) is 18.7. The first-order valence-electron chi connectivity index (χ1n) is 10.6. The van der Waals surface area contributed by atoms with Crippen LogP contribution < -0.4 is 10.5 Å². The van der Waals surface area contributed by atoms with Crippen LogP contribution in [0.5, 0.6) is 5.75 Å². The van der Waals surface area contributed by atoms with Gasteiger partial charge in [-0.2, -0.15) is 4.98 Å². The van der Waals surface area contributed by atoms with Gasteiger partial charge in [-0.05, 0) is 61.2 Å². The highest BCUT2D eigenvalue weighted by Crippen LogP contribution is 2.31. The molecule has 1 heterocycles. The summed E-state index contributed by atoms with van der Waals surface area (Å²) in [5.74, 6) is 0.413. The molecule has 33 heavy (non-hydrogen) atoms. The van der Waals surface area contributed by atoms with Crippen molar-refractivity contribution in [2.75, 3.05) is 6.61 Å². The molecule has 0 aliphatic carbocycles. The fourth-order valence-electron chi connectivity index (χ4n) is 3.43. The molecule has 0 saturated heterocycles. The van der Waals surface area contributed by atoms with Crippen LogP contribution >= 0.6 is 0 Å². The number of hydrogen-bond acceptors (Lipinski definition) is 8. The van der Waals surface area contributed by atoms with Crippen molar-refractivity contribution >= 4 is 12.2 Å². The molecule has 9 nitrogen and oxygen atoms in total. The van der Waals surface area contributed by atoms with Gasteiger partial charge in [-0.1, -0.05) is 18.1 Å². The molecule has 1 amide bonds. The van der Waals surface area contributed by atoms with Gasteiger partial charge < -0.3 is 25.2 Å². The average molecular weight is 453 g/mol. The molecule has 9 heteroatoms. The van der Waals surface area contributed by atoms with Gasteiger partial charge in [0.1, 0.15) is 24.7 Å². The van der Waals surface area contributed by atoms with E-state index in [0.29, 0.717) is 35.0 Å². The van der Waals surface area contributed by atoms with Gasteiger partial charge in [0.25, 0.3) is 5.89 Å². The number of benzene rings is 2. The van der Waals surface area contributed by atoms with Gasteiger partial charge in [0, 0.05) is 23.1 Å². The third kappa shape index (κ3) is 5.63. The molecular formula is C24H27N3O6. The predicted octanol–water partition coefficient (Wildman–Crippen LogP) is 2.37. The van der Waals surface area contributed by atoms with Crippen LogP contribution in [-0.4, -0.2) is 51.4 Å². The van der Waals surface area contributed by atoms with E-state index >= 15 is 0 Å². The minimum Gasteiger partial charge on any atom is -0.490 e. The molecule has 0 radical (unpaired) electrons. The number of rotatable bonds is 10. The molecule has 3 aromatic rings. The topological polar surface area (TPSA) is 149 Å². The van der Waals surface area contributed by atoms with E-state index in [-0.39, 0.29) is 13.0 Å². The number of aldehydes is 1. The number of nitrogens with zero attached hydrogens (tertiary/aromatic N) is 2. The van der Waals surface area contributed by atoms with E-state index in [1.165, 1.54) is 0 Å². The second-order valence-electron chi connectivity index (χ2n) is 7.87. The Morgan fingerprint density at radius 2 is 1.94 bits per heavy atom. The third-order valence-corrected chi connectivity index (χ3v) is 5.31. The van der Waals surface area contributed by atoms with Gasteiger partial charge in [0.2, 0.25) is 11.7 Å². The van der Waals surface area contributed by atoms with E-state index in [9.17, 15) is 19.8 Å². The summed E-state index contributed by atoms with van der Waals surface area (Å²) < 4.78 is 11.2. The van der Waals surface area contributed by atoms with Crippen LogP contribution in [0.15, 0.2) is 34.9 Å². The highest BCUT2D eigenvalue weighted by Gasteiger charge is 2.19. The van der Waals surface area contributed by atoms with Crippen molar-refractivity contribution in [3.8, 4) is 28.6 Å². The maximum Gasteiger partial charge on any atom is 0.258 e. The molecule has 0 aliphatic heterocycles. The Balaban J connectivity index is 1.81. The molecule has 4 N–H and O–H groups in total. The molecule has 2 atom stereocenters.